The van der Waals surface area contributed by atoms with Crippen LogP contribution in [0.1, 0.15) is 44.3 Å². The molecule has 0 aromatic carbocycles. The van der Waals surface area contributed by atoms with E-state index in [1.807, 2.05) is 0 Å². The molecule has 0 amide bonds. The van der Waals surface area contributed by atoms with E-state index >= 15 is 0 Å². The highest BCUT2D eigenvalue weighted by atomic mass is 16.4. The molecule has 1 aliphatic rings. The molecule has 0 fully saturated rings. The van der Waals surface area contributed by atoms with Crippen molar-refractivity contribution in [2.24, 2.45) is 5.92 Å². The van der Waals surface area contributed by atoms with Crippen molar-refractivity contribution in [3.63, 3.8) is 0 Å². The average Bonchev–Trinajstić information content (AvgIpc) is 2.59. The molecule has 0 saturated heterocycles. The van der Waals surface area contributed by atoms with Crippen LogP contribution in [-0.2, 0) is 17.8 Å². The maximum atomic E-state index is 10.7. The second-order valence-electron chi connectivity index (χ2n) is 4.74. The minimum atomic E-state index is -0.715. The van der Waals surface area contributed by atoms with E-state index in [4.69, 9.17) is 5.11 Å². The average molecular weight is 223 g/mol. The van der Waals surface area contributed by atoms with Crippen LogP contribution in [0.15, 0.2) is 0 Å². The molecule has 0 spiro atoms. The number of carbonyl (C=O) groups is 1. The van der Waals surface area contributed by atoms with Crippen molar-refractivity contribution in [3.8, 4) is 0 Å². The third-order valence-electron chi connectivity index (χ3n) is 3.05. The molecule has 1 atom stereocenters. The summed E-state index contributed by atoms with van der Waals surface area (Å²) < 4.78 is 2.10. The molecule has 0 aliphatic carbocycles. The lowest BCUT2D eigenvalue weighted by Crippen LogP contribution is -2.24. The monoisotopic (exact) mass is 223 g/mol. The van der Waals surface area contributed by atoms with Crippen LogP contribution in [0, 0.1) is 5.92 Å². The van der Waals surface area contributed by atoms with E-state index in [0.717, 1.165) is 31.0 Å². The fourth-order valence-electron chi connectivity index (χ4n) is 2.26. The van der Waals surface area contributed by atoms with Gasteiger partial charge in [0.15, 0.2) is 0 Å². The van der Waals surface area contributed by atoms with Crippen molar-refractivity contribution in [3.05, 3.63) is 11.6 Å². The molecule has 2 heterocycles. The Labute approximate surface area is 94.5 Å². The van der Waals surface area contributed by atoms with E-state index in [1.165, 1.54) is 0 Å². The zero-order valence-corrected chi connectivity index (χ0v) is 9.68. The summed E-state index contributed by atoms with van der Waals surface area (Å²) >= 11 is 0. The quantitative estimate of drug-likeness (QED) is 0.841. The normalized spacial score (nSPS) is 19.8. The number of hydrogen-bond acceptors (Lipinski definition) is 3. The largest absolute Gasteiger partial charge is 0.481 e. The van der Waals surface area contributed by atoms with Crippen molar-refractivity contribution in [1.29, 1.82) is 0 Å². The van der Waals surface area contributed by atoms with Crippen LogP contribution in [-0.4, -0.2) is 25.8 Å². The molecule has 1 aliphatic heterocycles. The number of aromatic nitrogens is 3. The second kappa shape index (κ2) is 4.23. The number of nitrogens with zero attached hydrogens (tertiary/aromatic N) is 3. The van der Waals surface area contributed by atoms with E-state index in [1.54, 1.807) is 0 Å². The minimum absolute atomic E-state index is 0.221. The SMILES string of the molecule is CC(C)c1nnc2n1CC(CC(=O)O)CC2. The fourth-order valence-corrected chi connectivity index (χ4v) is 2.26. The molecule has 0 saturated carbocycles. The Kier molecular flexibility index (Phi) is 2.94. The van der Waals surface area contributed by atoms with Crippen LogP contribution in [0.4, 0.5) is 0 Å². The molecule has 0 bridgehead atoms. The Hall–Kier alpha value is -1.39. The number of hydrogen-bond donors (Lipinski definition) is 1. The summed E-state index contributed by atoms with van der Waals surface area (Å²) in [5.41, 5.74) is 0. The van der Waals surface area contributed by atoms with Gasteiger partial charge in [0.1, 0.15) is 11.6 Å². The Bertz CT molecular complexity index is 398. The van der Waals surface area contributed by atoms with E-state index in [2.05, 4.69) is 28.6 Å². The standard InChI is InChI=1S/C11H17N3O2/c1-7(2)11-13-12-9-4-3-8(5-10(15)16)6-14(9)11/h7-8H,3-6H2,1-2H3,(H,15,16). The maximum absolute atomic E-state index is 10.7. The minimum Gasteiger partial charge on any atom is -0.481 e. The van der Waals surface area contributed by atoms with Crippen molar-refractivity contribution >= 4 is 5.97 Å². The Morgan fingerprint density at radius 1 is 1.56 bits per heavy atom. The highest BCUT2D eigenvalue weighted by Crippen LogP contribution is 2.25. The molecule has 1 N–H and O–H groups in total. The Morgan fingerprint density at radius 3 is 2.94 bits per heavy atom. The van der Waals surface area contributed by atoms with Gasteiger partial charge in [0.05, 0.1) is 0 Å². The lowest BCUT2D eigenvalue weighted by atomic mass is 9.95. The third kappa shape index (κ3) is 2.08. The highest BCUT2D eigenvalue weighted by molar-refractivity contribution is 5.67. The molecule has 5 nitrogen and oxygen atoms in total. The van der Waals surface area contributed by atoms with Gasteiger partial charge in [0.2, 0.25) is 0 Å². The van der Waals surface area contributed by atoms with Crippen molar-refractivity contribution in [1.82, 2.24) is 14.8 Å². The molecular formula is C11H17N3O2. The first-order chi connectivity index (χ1) is 7.58. The van der Waals surface area contributed by atoms with Gasteiger partial charge in [-0.05, 0) is 12.3 Å². The summed E-state index contributed by atoms with van der Waals surface area (Å²) in [5.74, 6) is 1.83. The third-order valence-corrected chi connectivity index (χ3v) is 3.05. The van der Waals surface area contributed by atoms with Crippen LogP contribution in [0.3, 0.4) is 0 Å². The van der Waals surface area contributed by atoms with Gasteiger partial charge in [0, 0.05) is 25.3 Å². The first-order valence-corrected chi connectivity index (χ1v) is 5.71. The number of carboxylic acids is 1. The molecule has 5 heteroatoms. The van der Waals surface area contributed by atoms with Gasteiger partial charge >= 0.3 is 5.97 Å². The van der Waals surface area contributed by atoms with Crippen LogP contribution >= 0.6 is 0 Å². The zero-order chi connectivity index (χ0) is 11.7. The first-order valence-electron chi connectivity index (χ1n) is 5.71. The van der Waals surface area contributed by atoms with Gasteiger partial charge in [0.25, 0.3) is 0 Å². The number of rotatable bonds is 3. The molecule has 1 unspecified atom stereocenters. The highest BCUT2D eigenvalue weighted by Gasteiger charge is 2.25. The lowest BCUT2D eigenvalue weighted by molar-refractivity contribution is -0.138. The second-order valence-corrected chi connectivity index (χ2v) is 4.74. The number of carboxylic acid groups (broad SMARTS) is 1. The van der Waals surface area contributed by atoms with Crippen molar-refractivity contribution in [2.75, 3.05) is 0 Å². The maximum Gasteiger partial charge on any atom is 0.303 e. The molecule has 16 heavy (non-hydrogen) atoms. The van der Waals surface area contributed by atoms with Crippen molar-refractivity contribution < 1.29 is 9.90 Å². The van der Waals surface area contributed by atoms with E-state index < -0.39 is 5.97 Å². The first kappa shape index (κ1) is 11.1. The van der Waals surface area contributed by atoms with Gasteiger partial charge in [-0.1, -0.05) is 13.8 Å². The summed E-state index contributed by atoms with van der Waals surface area (Å²) in [4.78, 5) is 10.7. The number of aliphatic carboxylic acids is 1. The molecule has 0 radical (unpaired) electrons. The van der Waals surface area contributed by atoms with Gasteiger partial charge in [-0.25, -0.2) is 0 Å². The van der Waals surface area contributed by atoms with E-state index in [9.17, 15) is 4.79 Å². The predicted molar refractivity (Wildman–Crippen MR) is 58.2 cm³/mol. The van der Waals surface area contributed by atoms with E-state index in [0.29, 0.717) is 5.92 Å². The molecule has 1 aromatic heterocycles. The summed E-state index contributed by atoms with van der Waals surface area (Å²) in [6.07, 6.45) is 2.00. The zero-order valence-electron chi connectivity index (χ0n) is 9.68. The van der Waals surface area contributed by atoms with E-state index in [-0.39, 0.29) is 12.3 Å². The topological polar surface area (TPSA) is 68.0 Å². The van der Waals surface area contributed by atoms with Crippen LogP contribution < -0.4 is 0 Å². The van der Waals surface area contributed by atoms with Crippen LogP contribution in [0.25, 0.3) is 0 Å². The predicted octanol–water partition coefficient (Wildman–Crippen LogP) is 1.44. The molecule has 2 rings (SSSR count). The molecule has 1 aromatic rings. The van der Waals surface area contributed by atoms with Crippen molar-refractivity contribution in [2.45, 2.75) is 45.6 Å². The summed E-state index contributed by atoms with van der Waals surface area (Å²) in [5, 5.41) is 17.1. The molecular weight excluding hydrogens is 206 g/mol. The Morgan fingerprint density at radius 2 is 2.31 bits per heavy atom. The van der Waals surface area contributed by atoms with Gasteiger partial charge in [-0.3, -0.25) is 4.79 Å². The number of aryl methyl sites for hydroxylation is 1. The van der Waals surface area contributed by atoms with Crippen LogP contribution in [0.2, 0.25) is 0 Å². The summed E-state index contributed by atoms with van der Waals surface area (Å²) in [7, 11) is 0. The summed E-state index contributed by atoms with van der Waals surface area (Å²) in [6.45, 7) is 4.92. The molecule has 88 valence electrons. The van der Waals surface area contributed by atoms with Gasteiger partial charge in [-0.2, -0.15) is 0 Å². The Balaban J connectivity index is 2.17. The van der Waals surface area contributed by atoms with Gasteiger partial charge in [-0.15, -0.1) is 10.2 Å². The van der Waals surface area contributed by atoms with Crippen LogP contribution in [0.5, 0.6) is 0 Å². The smallest absolute Gasteiger partial charge is 0.303 e. The lowest BCUT2D eigenvalue weighted by Gasteiger charge is -2.23. The fraction of sp³-hybridized carbons (Fsp3) is 0.727. The summed E-state index contributed by atoms with van der Waals surface area (Å²) in [6, 6.07) is 0. The number of fused-ring (bicyclic) bond motifs is 1. The van der Waals surface area contributed by atoms with Gasteiger partial charge < -0.3 is 9.67 Å².